The van der Waals surface area contributed by atoms with E-state index in [2.05, 4.69) is 33.0 Å². The maximum absolute atomic E-state index is 5.59. The monoisotopic (exact) mass is 229 g/mol. The van der Waals surface area contributed by atoms with Gasteiger partial charge < -0.3 is 10.1 Å². The Morgan fingerprint density at radius 3 is 2.25 bits per heavy atom. The Hall–Kier alpha value is -0.0800. The molecule has 0 aliphatic heterocycles. The molecular formula is C14H31NO. The van der Waals surface area contributed by atoms with Crippen LogP contribution >= 0.6 is 0 Å². The van der Waals surface area contributed by atoms with Gasteiger partial charge in [0.05, 0.1) is 6.61 Å². The van der Waals surface area contributed by atoms with Crippen LogP contribution in [0, 0.1) is 0 Å². The van der Waals surface area contributed by atoms with Crippen molar-refractivity contribution in [3.05, 3.63) is 0 Å². The second-order valence-corrected chi connectivity index (χ2v) is 5.19. The van der Waals surface area contributed by atoms with Gasteiger partial charge in [0, 0.05) is 18.7 Å². The first-order valence-corrected chi connectivity index (χ1v) is 6.95. The molecule has 0 rings (SSSR count). The summed E-state index contributed by atoms with van der Waals surface area (Å²) in [5, 5.41) is 3.49. The second kappa shape index (κ2) is 10.1. The highest BCUT2D eigenvalue weighted by atomic mass is 16.5. The summed E-state index contributed by atoms with van der Waals surface area (Å²) in [5.74, 6) is 0. The van der Waals surface area contributed by atoms with Crippen molar-refractivity contribution in [3.8, 4) is 0 Å². The zero-order valence-corrected chi connectivity index (χ0v) is 11.8. The summed E-state index contributed by atoms with van der Waals surface area (Å²) in [6, 6.07) is 0. The predicted molar refractivity (Wildman–Crippen MR) is 72.0 cm³/mol. The fourth-order valence-electron chi connectivity index (χ4n) is 1.50. The topological polar surface area (TPSA) is 21.3 Å². The minimum absolute atomic E-state index is 0.254. The third kappa shape index (κ3) is 10.4. The fraction of sp³-hybridized carbons (Fsp3) is 1.00. The van der Waals surface area contributed by atoms with E-state index in [1.807, 2.05) is 0 Å². The summed E-state index contributed by atoms with van der Waals surface area (Å²) in [6.07, 6.45) is 7.74. The second-order valence-electron chi connectivity index (χ2n) is 5.19. The summed E-state index contributed by atoms with van der Waals surface area (Å²) in [6.45, 7) is 11.7. The molecule has 0 aromatic carbocycles. The van der Waals surface area contributed by atoms with E-state index < -0.39 is 0 Å². The normalized spacial score (nSPS) is 12.0. The van der Waals surface area contributed by atoms with Gasteiger partial charge in [0.25, 0.3) is 0 Å². The standard InChI is InChI=1S/C14H31NO/c1-5-7-8-9-10-12-16-13-11-15-14(3,4)6-2/h15H,5-13H2,1-4H3. The van der Waals surface area contributed by atoms with E-state index in [4.69, 9.17) is 4.74 Å². The van der Waals surface area contributed by atoms with Gasteiger partial charge >= 0.3 is 0 Å². The number of unbranched alkanes of at least 4 members (excludes halogenated alkanes) is 4. The summed E-state index contributed by atoms with van der Waals surface area (Å²) in [5.41, 5.74) is 0.254. The molecule has 98 valence electrons. The number of rotatable bonds is 11. The molecule has 0 fully saturated rings. The summed E-state index contributed by atoms with van der Waals surface area (Å²) in [7, 11) is 0. The first-order chi connectivity index (χ1) is 7.62. The molecule has 0 amide bonds. The average molecular weight is 229 g/mol. The first-order valence-electron chi connectivity index (χ1n) is 6.95. The fourth-order valence-corrected chi connectivity index (χ4v) is 1.50. The molecule has 0 aromatic rings. The van der Waals surface area contributed by atoms with Crippen LogP contribution in [0.5, 0.6) is 0 Å². The Kier molecular flexibility index (Phi) is 10.0. The van der Waals surface area contributed by atoms with Crippen LogP contribution < -0.4 is 5.32 Å². The Labute approximate surface area is 102 Å². The zero-order valence-electron chi connectivity index (χ0n) is 11.8. The molecule has 0 aliphatic carbocycles. The molecule has 0 saturated carbocycles. The van der Waals surface area contributed by atoms with E-state index in [1.165, 1.54) is 32.1 Å². The van der Waals surface area contributed by atoms with Crippen molar-refractivity contribution in [2.24, 2.45) is 0 Å². The number of hydrogen-bond acceptors (Lipinski definition) is 2. The molecule has 2 nitrogen and oxygen atoms in total. The minimum Gasteiger partial charge on any atom is -0.380 e. The number of ether oxygens (including phenoxy) is 1. The predicted octanol–water partition coefficient (Wildman–Crippen LogP) is 3.75. The van der Waals surface area contributed by atoms with E-state index in [0.717, 1.165) is 26.2 Å². The number of hydrogen-bond donors (Lipinski definition) is 1. The molecule has 16 heavy (non-hydrogen) atoms. The third-order valence-electron chi connectivity index (χ3n) is 3.13. The molecule has 0 aliphatic rings. The average Bonchev–Trinajstić information content (AvgIpc) is 2.27. The SMILES string of the molecule is CCCCCCCOCCNC(C)(C)CC. The molecular weight excluding hydrogens is 198 g/mol. The highest BCUT2D eigenvalue weighted by molar-refractivity contribution is 4.74. The van der Waals surface area contributed by atoms with Gasteiger partial charge in [0.2, 0.25) is 0 Å². The van der Waals surface area contributed by atoms with Crippen molar-refractivity contribution in [2.45, 2.75) is 71.8 Å². The molecule has 0 radical (unpaired) electrons. The van der Waals surface area contributed by atoms with Gasteiger partial charge in [0.1, 0.15) is 0 Å². The quantitative estimate of drug-likeness (QED) is 0.545. The van der Waals surface area contributed by atoms with Crippen molar-refractivity contribution in [2.75, 3.05) is 19.8 Å². The Balaban J connectivity index is 3.10. The van der Waals surface area contributed by atoms with Crippen molar-refractivity contribution >= 4 is 0 Å². The van der Waals surface area contributed by atoms with Crippen molar-refractivity contribution in [1.29, 1.82) is 0 Å². The van der Waals surface area contributed by atoms with Crippen LogP contribution in [0.25, 0.3) is 0 Å². The number of nitrogens with one attached hydrogen (secondary N) is 1. The summed E-state index contributed by atoms with van der Waals surface area (Å²) >= 11 is 0. The van der Waals surface area contributed by atoms with Gasteiger partial charge in [-0.2, -0.15) is 0 Å². The van der Waals surface area contributed by atoms with Gasteiger partial charge in [-0.3, -0.25) is 0 Å². The van der Waals surface area contributed by atoms with Crippen molar-refractivity contribution < 1.29 is 4.74 Å². The highest BCUT2D eigenvalue weighted by Gasteiger charge is 2.12. The minimum atomic E-state index is 0.254. The van der Waals surface area contributed by atoms with Gasteiger partial charge in [-0.15, -0.1) is 0 Å². The van der Waals surface area contributed by atoms with Crippen LogP contribution in [0.1, 0.15) is 66.2 Å². The van der Waals surface area contributed by atoms with E-state index in [9.17, 15) is 0 Å². The lowest BCUT2D eigenvalue weighted by Gasteiger charge is -2.24. The van der Waals surface area contributed by atoms with Crippen LogP contribution in [0.4, 0.5) is 0 Å². The molecule has 0 saturated heterocycles. The highest BCUT2D eigenvalue weighted by Crippen LogP contribution is 2.06. The Morgan fingerprint density at radius 1 is 0.938 bits per heavy atom. The third-order valence-corrected chi connectivity index (χ3v) is 3.13. The first kappa shape index (κ1) is 15.9. The lowest BCUT2D eigenvalue weighted by Crippen LogP contribution is -2.40. The van der Waals surface area contributed by atoms with Gasteiger partial charge in [-0.05, 0) is 26.7 Å². The maximum Gasteiger partial charge on any atom is 0.0591 e. The van der Waals surface area contributed by atoms with E-state index in [-0.39, 0.29) is 5.54 Å². The van der Waals surface area contributed by atoms with Crippen molar-refractivity contribution in [1.82, 2.24) is 5.32 Å². The van der Waals surface area contributed by atoms with Gasteiger partial charge in [-0.25, -0.2) is 0 Å². The van der Waals surface area contributed by atoms with Crippen LogP contribution in [0.3, 0.4) is 0 Å². The van der Waals surface area contributed by atoms with Crippen LogP contribution in [0.15, 0.2) is 0 Å². The Morgan fingerprint density at radius 2 is 1.62 bits per heavy atom. The summed E-state index contributed by atoms with van der Waals surface area (Å²) in [4.78, 5) is 0. The molecule has 0 atom stereocenters. The van der Waals surface area contributed by atoms with E-state index in [1.54, 1.807) is 0 Å². The molecule has 0 unspecified atom stereocenters. The maximum atomic E-state index is 5.59. The lowest BCUT2D eigenvalue weighted by atomic mass is 10.0. The molecule has 2 heteroatoms. The molecule has 0 spiro atoms. The zero-order chi connectivity index (χ0) is 12.3. The molecule has 0 heterocycles. The smallest absolute Gasteiger partial charge is 0.0591 e. The van der Waals surface area contributed by atoms with Crippen LogP contribution in [0.2, 0.25) is 0 Å². The van der Waals surface area contributed by atoms with Gasteiger partial charge in [0.15, 0.2) is 0 Å². The summed E-state index contributed by atoms with van der Waals surface area (Å²) < 4.78 is 5.59. The van der Waals surface area contributed by atoms with Crippen LogP contribution in [-0.2, 0) is 4.74 Å². The van der Waals surface area contributed by atoms with Gasteiger partial charge in [-0.1, -0.05) is 39.5 Å². The largest absolute Gasteiger partial charge is 0.380 e. The van der Waals surface area contributed by atoms with E-state index >= 15 is 0 Å². The molecule has 1 N–H and O–H groups in total. The van der Waals surface area contributed by atoms with Crippen molar-refractivity contribution in [3.63, 3.8) is 0 Å². The Bertz CT molecular complexity index is 146. The lowest BCUT2D eigenvalue weighted by molar-refractivity contribution is 0.125. The van der Waals surface area contributed by atoms with Crippen LogP contribution in [-0.4, -0.2) is 25.3 Å². The van der Waals surface area contributed by atoms with E-state index in [0.29, 0.717) is 0 Å². The molecule has 0 aromatic heterocycles. The molecule has 0 bridgehead atoms.